The van der Waals surface area contributed by atoms with Crippen LogP contribution in [0.15, 0.2) is 12.1 Å². The summed E-state index contributed by atoms with van der Waals surface area (Å²) in [6.07, 6.45) is 0. The predicted octanol–water partition coefficient (Wildman–Crippen LogP) is 2.80. The van der Waals surface area contributed by atoms with Crippen LogP contribution in [0.25, 0.3) is 0 Å². The van der Waals surface area contributed by atoms with Crippen LogP contribution < -0.4 is 4.74 Å². The van der Waals surface area contributed by atoms with E-state index in [2.05, 4.69) is 0 Å². The summed E-state index contributed by atoms with van der Waals surface area (Å²) in [6, 6.07) is 2.90. The van der Waals surface area contributed by atoms with Gasteiger partial charge in [0.15, 0.2) is 11.5 Å². The molecule has 0 heterocycles. The average Bonchev–Trinajstić information content (AvgIpc) is 2.16. The van der Waals surface area contributed by atoms with Gasteiger partial charge in [-0.3, -0.25) is 14.9 Å². The molecule has 0 saturated carbocycles. The van der Waals surface area contributed by atoms with Crippen molar-refractivity contribution < 1.29 is 14.5 Å². The molecule has 0 aliphatic rings. The number of ketones is 1. The molecule has 1 aromatic carbocycles. The van der Waals surface area contributed by atoms with Gasteiger partial charge in [-0.05, 0) is 48.6 Å². The normalized spacial score (nSPS) is 9.94. The van der Waals surface area contributed by atoms with Gasteiger partial charge in [0.05, 0.1) is 15.1 Å². The van der Waals surface area contributed by atoms with Crippen LogP contribution in [0.5, 0.6) is 5.75 Å². The average molecular weight is 335 g/mol. The van der Waals surface area contributed by atoms with Crippen molar-refractivity contribution in [1.82, 2.24) is 0 Å². The van der Waals surface area contributed by atoms with E-state index in [0.29, 0.717) is 15.7 Å². The lowest BCUT2D eigenvalue weighted by atomic mass is 10.1. The van der Waals surface area contributed by atoms with E-state index in [4.69, 9.17) is 4.74 Å². The molecule has 0 unspecified atom stereocenters. The molecule has 0 saturated heterocycles. The monoisotopic (exact) mass is 335 g/mol. The highest BCUT2D eigenvalue weighted by molar-refractivity contribution is 14.1. The molecule has 0 aliphatic heterocycles. The Kier molecular flexibility index (Phi) is 4.22. The highest BCUT2D eigenvalue weighted by Gasteiger charge is 2.21. The number of halogens is 1. The van der Waals surface area contributed by atoms with Gasteiger partial charge in [0.25, 0.3) is 0 Å². The third kappa shape index (κ3) is 2.69. The number of Topliss-reactive ketones (excluding diaryl/α,β-unsaturated/α-hetero) is 1. The van der Waals surface area contributed by atoms with E-state index in [0.717, 1.165) is 0 Å². The Morgan fingerprint density at radius 1 is 1.56 bits per heavy atom. The van der Waals surface area contributed by atoms with E-state index >= 15 is 0 Å². The third-order valence-corrected chi connectivity index (χ3v) is 2.74. The molecule has 0 fully saturated rings. The Bertz CT molecular complexity index is 445. The molecule has 0 amide bonds. The highest BCUT2D eigenvalue weighted by Crippen LogP contribution is 2.33. The molecule has 86 valence electrons. The van der Waals surface area contributed by atoms with E-state index in [1.807, 2.05) is 22.6 Å². The molecule has 1 rings (SSSR count). The molecule has 0 N–H and O–H groups in total. The summed E-state index contributed by atoms with van der Waals surface area (Å²) in [4.78, 5) is 21.5. The lowest BCUT2D eigenvalue weighted by Crippen LogP contribution is -2.02. The number of carbonyl (C=O) groups excluding carboxylic acids is 1. The number of carbonyl (C=O) groups is 1. The Hall–Kier alpha value is -1.18. The van der Waals surface area contributed by atoms with Crippen molar-refractivity contribution in [3.05, 3.63) is 31.4 Å². The minimum atomic E-state index is -0.503. The molecule has 0 spiro atoms. The fourth-order valence-corrected chi connectivity index (χ4v) is 2.02. The van der Waals surface area contributed by atoms with Gasteiger partial charge in [-0.2, -0.15) is 0 Å². The van der Waals surface area contributed by atoms with Crippen molar-refractivity contribution in [2.45, 2.75) is 13.8 Å². The Morgan fingerprint density at radius 2 is 2.19 bits per heavy atom. The number of rotatable bonds is 4. The minimum absolute atomic E-state index is 0.0903. The van der Waals surface area contributed by atoms with Crippen molar-refractivity contribution in [2.75, 3.05) is 6.61 Å². The topological polar surface area (TPSA) is 69.4 Å². The van der Waals surface area contributed by atoms with E-state index in [1.165, 1.54) is 19.1 Å². The molecule has 0 aromatic heterocycles. The second-order valence-corrected chi connectivity index (χ2v) is 4.21. The molecular weight excluding hydrogens is 325 g/mol. The number of nitro groups is 1. The van der Waals surface area contributed by atoms with Crippen molar-refractivity contribution >= 4 is 34.1 Å². The SMILES string of the molecule is CCOc1cc(C(C)=O)cc(I)c1[N+](=O)[O-]. The van der Waals surface area contributed by atoms with Crippen molar-refractivity contribution in [2.24, 2.45) is 0 Å². The number of hydrogen-bond donors (Lipinski definition) is 0. The second-order valence-electron chi connectivity index (χ2n) is 3.05. The van der Waals surface area contributed by atoms with Crippen molar-refractivity contribution in [3.63, 3.8) is 0 Å². The maximum absolute atomic E-state index is 11.2. The number of nitro benzene ring substituents is 1. The Labute approximate surface area is 106 Å². The highest BCUT2D eigenvalue weighted by atomic mass is 127. The van der Waals surface area contributed by atoms with Gasteiger partial charge >= 0.3 is 5.69 Å². The lowest BCUT2D eigenvalue weighted by molar-refractivity contribution is -0.386. The van der Waals surface area contributed by atoms with Gasteiger partial charge in [0.1, 0.15) is 0 Å². The standard InChI is InChI=1S/C10H10INO4/c1-3-16-9-5-7(6(2)13)4-8(11)10(9)12(14)15/h4-5H,3H2,1-2H3. The molecule has 0 aliphatic carbocycles. The molecule has 0 bridgehead atoms. The van der Waals surface area contributed by atoms with Crippen LogP contribution in [0.1, 0.15) is 24.2 Å². The molecule has 6 heteroatoms. The first-order chi connectivity index (χ1) is 7.47. The zero-order valence-corrected chi connectivity index (χ0v) is 11.0. The fraction of sp³-hybridized carbons (Fsp3) is 0.300. The maximum Gasteiger partial charge on any atom is 0.324 e. The number of hydrogen-bond acceptors (Lipinski definition) is 4. The summed E-state index contributed by atoms with van der Waals surface area (Å²) in [6.45, 7) is 3.46. The summed E-state index contributed by atoms with van der Waals surface area (Å²) < 4.78 is 5.57. The molecule has 0 atom stereocenters. The van der Waals surface area contributed by atoms with Gasteiger partial charge in [-0.25, -0.2) is 0 Å². The molecule has 0 radical (unpaired) electrons. The lowest BCUT2D eigenvalue weighted by Gasteiger charge is -2.07. The van der Waals surface area contributed by atoms with Crippen LogP contribution in [0, 0.1) is 13.7 Å². The molecule has 1 aromatic rings. The van der Waals surface area contributed by atoms with Gasteiger partial charge in [0.2, 0.25) is 0 Å². The second kappa shape index (κ2) is 5.24. The summed E-state index contributed by atoms with van der Waals surface area (Å²) in [5, 5.41) is 10.8. The van der Waals surface area contributed by atoms with Crippen LogP contribution in [-0.4, -0.2) is 17.3 Å². The Morgan fingerprint density at radius 3 is 2.62 bits per heavy atom. The van der Waals surface area contributed by atoms with Crippen LogP contribution in [0.2, 0.25) is 0 Å². The van der Waals surface area contributed by atoms with E-state index < -0.39 is 4.92 Å². The van der Waals surface area contributed by atoms with Crippen molar-refractivity contribution in [3.8, 4) is 5.75 Å². The quantitative estimate of drug-likeness (QED) is 0.367. The number of ether oxygens (including phenoxy) is 1. The summed E-state index contributed by atoms with van der Waals surface area (Å²) in [7, 11) is 0. The van der Waals surface area contributed by atoms with E-state index in [-0.39, 0.29) is 17.2 Å². The van der Waals surface area contributed by atoms with Crippen LogP contribution in [0.3, 0.4) is 0 Å². The smallest absolute Gasteiger partial charge is 0.324 e. The molecule has 5 nitrogen and oxygen atoms in total. The zero-order chi connectivity index (χ0) is 12.3. The summed E-state index contributed by atoms with van der Waals surface area (Å²) >= 11 is 1.83. The van der Waals surface area contributed by atoms with Crippen LogP contribution in [-0.2, 0) is 0 Å². The first kappa shape index (κ1) is 12.9. The summed E-state index contributed by atoms with van der Waals surface area (Å²) in [5.41, 5.74) is 0.325. The van der Waals surface area contributed by atoms with Gasteiger partial charge < -0.3 is 4.74 Å². The first-order valence-corrected chi connectivity index (χ1v) is 5.67. The van der Waals surface area contributed by atoms with Crippen molar-refractivity contribution in [1.29, 1.82) is 0 Å². The van der Waals surface area contributed by atoms with E-state index in [9.17, 15) is 14.9 Å². The maximum atomic E-state index is 11.2. The number of benzene rings is 1. The predicted molar refractivity (Wildman–Crippen MR) is 67.0 cm³/mol. The molecule has 16 heavy (non-hydrogen) atoms. The Balaban J connectivity index is 3.38. The van der Waals surface area contributed by atoms with Gasteiger partial charge in [0, 0.05) is 5.56 Å². The minimum Gasteiger partial charge on any atom is -0.487 e. The first-order valence-electron chi connectivity index (χ1n) is 4.59. The van der Waals surface area contributed by atoms with Gasteiger partial charge in [-0.1, -0.05) is 0 Å². The zero-order valence-electron chi connectivity index (χ0n) is 8.82. The number of nitrogens with zero attached hydrogens (tertiary/aromatic N) is 1. The third-order valence-electron chi connectivity index (χ3n) is 1.92. The molecular formula is C10H10INO4. The summed E-state index contributed by atoms with van der Waals surface area (Å²) in [5.74, 6) is -0.00151. The van der Waals surface area contributed by atoms with E-state index in [1.54, 1.807) is 6.92 Å². The van der Waals surface area contributed by atoms with Crippen LogP contribution in [0.4, 0.5) is 5.69 Å². The van der Waals surface area contributed by atoms with Crippen LogP contribution >= 0.6 is 22.6 Å². The fourth-order valence-electron chi connectivity index (χ4n) is 1.22. The largest absolute Gasteiger partial charge is 0.487 e. The van der Waals surface area contributed by atoms with Gasteiger partial charge in [-0.15, -0.1) is 0 Å².